The zero-order valence-corrected chi connectivity index (χ0v) is 17.3. The van der Waals surface area contributed by atoms with E-state index < -0.39 is 0 Å². The summed E-state index contributed by atoms with van der Waals surface area (Å²) in [6.45, 7) is 6.05. The third kappa shape index (κ3) is 5.36. The van der Waals surface area contributed by atoms with Crippen LogP contribution in [0.15, 0.2) is 59.0 Å². The maximum absolute atomic E-state index is 5.74. The lowest BCUT2D eigenvalue weighted by molar-refractivity contribution is 0.230. The summed E-state index contributed by atoms with van der Waals surface area (Å²) in [4.78, 5) is 0. The smallest absolute Gasteiger partial charge is 0.212 e. The highest BCUT2D eigenvalue weighted by Crippen LogP contribution is 2.28. The normalized spacial score (nSPS) is 11.3. The van der Waals surface area contributed by atoms with Gasteiger partial charge in [-0.3, -0.25) is 0 Å². The van der Waals surface area contributed by atoms with Crippen molar-refractivity contribution in [2.45, 2.75) is 37.8 Å². The van der Waals surface area contributed by atoms with Crippen molar-refractivity contribution in [1.29, 1.82) is 0 Å². The number of hydrogen-bond donors (Lipinski definition) is 0. The van der Waals surface area contributed by atoms with Crippen LogP contribution in [0.2, 0.25) is 0 Å². The first-order valence-corrected chi connectivity index (χ1v) is 10.0. The fourth-order valence-corrected chi connectivity index (χ4v) is 3.29. The maximum atomic E-state index is 5.74. The average Bonchev–Trinajstić information content (AvgIpc) is 3.13. The first-order chi connectivity index (χ1) is 13.5. The van der Waals surface area contributed by atoms with Crippen LogP contribution < -0.4 is 9.47 Å². The summed E-state index contributed by atoms with van der Waals surface area (Å²) in [6.07, 6.45) is 3.43. The van der Waals surface area contributed by atoms with Crippen LogP contribution in [0.4, 0.5) is 0 Å². The Morgan fingerprint density at radius 2 is 1.93 bits per heavy atom. The molecule has 3 rings (SSSR count). The molecule has 1 heterocycles. The summed E-state index contributed by atoms with van der Waals surface area (Å²) >= 11 is 1.60. The van der Waals surface area contributed by atoms with Gasteiger partial charge in [0.1, 0.15) is 6.33 Å². The molecular formula is C21H24N4O2S. The summed E-state index contributed by atoms with van der Waals surface area (Å²) in [6, 6.07) is 14.2. The van der Waals surface area contributed by atoms with Crippen molar-refractivity contribution in [3.63, 3.8) is 0 Å². The van der Waals surface area contributed by atoms with Gasteiger partial charge in [-0.05, 0) is 50.1 Å². The van der Waals surface area contributed by atoms with Crippen molar-refractivity contribution in [1.82, 2.24) is 14.9 Å². The molecule has 0 radical (unpaired) electrons. The fraction of sp³-hybridized carbons (Fsp3) is 0.286. The second kappa shape index (κ2) is 9.41. The standard InChI is InChI=1S/C21H24N4O2S/c1-15(2)27-19-10-9-18(11-20(19)26-4)12-23-25-14-22-24-21(25)28-13-17-7-5-16(3)6-8-17/h5-12,14-15H,13H2,1-4H3/b23-12-. The average molecular weight is 397 g/mol. The lowest BCUT2D eigenvalue weighted by atomic mass is 10.2. The third-order valence-electron chi connectivity index (χ3n) is 3.87. The Morgan fingerprint density at radius 1 is 1.14 bits per heavy atom. The molecule has 0 spiro atoms. The number of aromatic nitrogens is 3. The van der Waals surface area contributed by atoms with Gasteiger partial charge in [0, 0.05) is 5.75 Å². The van der Waals surface area contributed by atoms with Crippen molar-refractivity contribution in [3.8, 4) is 11.5 Å². The van der Waals surface area contributed by atoms with Gasteiger partial charge in [0.25, 0.3) is 0 Å². The third-order valence-corrected chi connectivity index (χ3v) is 4.87. The summed E-state index contributed by atoms with van der Waals surface area (Å²) in [7, 11) is 1.63. The second-order valence-corrected chi connectivity index (χ2v) is 7.50. The highest BCUT2D eigenvalue weighted by atomic mass is 32.2. The van der Waals surface area contributed by atoms with Crippen molar-refractivity contribution in [3.05, 3.63) is 65.5 Å². The van der Waals surface area contributed by atoms with Crippen molar-refractivity contribution >= 4 is 18.0 Å². The van der Waals surface area contributed by atoms with Crippen LogP contribution in [0.3, 0.4) is 0 Å². The van der Waals surface area contributed by atoms with E-state index >= 15 is 0 Å². The lowest BCUT2D eigenvalue weighted by Crippen LogP contribution is -2.06. The molecule has 0 aliphatic rings. The molecule has 3 aromatic rings. The minimum Gasteiger partial charge on any atom is -0.493 e. The molecule has 0 aliphatic carbocycles. The van der Waals surface area contributed by atoms with E-state index in [1.54, 1.807) is 36.1 Å². The van der Waals surface area contributed by atoms with E-state index in [4.69, 9.17) is 9.47 Å². The number of nitrogens with zero attached hydrogens (tertiary/aromatic N) is 4. The summed E-state index contributed by atoms with van der Waals surface area (Å²) in [5, 5.41) is 13.4. The van der Waals surface area contributed by atoms with Crippen LogP contribution in [0.5, 0.6) is 11.5 Å². The molecular weight excluding hydrogens is 372 g/mol. The van der Waals surface area contributed by atoms with E-state index in [1.165, 1.54) is 11.1 Å². The van der Waals surface area contributed by atoms with Gasteiger partial charge < -0.3 is 9.47 Å². The van der Waals surface area contributed by atoms with Gasteiger partial charge in [-0.25, -0.2) is 0 Å². The molecule has 7 heteroatoms. The molecule has 146 valence electrons. The minimum absolute atomic E-state index is 0.0820. The zero-order chi connectivity index (χ0) is 19.9. The Kier molecular flexibility index (Phi) is 6.71. The van der Waals surface area contributed by atoms with Crippen LogP contribution >= 0.6 is 11.8 Å². The molecule has 0 atom stereocenters. The van der Waals surface area contributed by atoms with Gasteiger partial charge in [0.15, 0.2) is 11.5 Å². The predicted octanol–water partition coefficient (Wildman–Crippen LogP) is 4.56. The van der Waals surface area contributed by atoms with Gasteiger partial charge >= 0.3 is 0 Å². The highest BCUT2D eigenvalue weighted by Gasteiger charge is 2.08. The topological polar surface area (TPSA) is 61.5 Å². The quantitative estimate of drug-likeness (QED) is 0.413. The van der Waals surface area contributed by atoms with E-state index in [0.717, 1.165) is 16.5 Å². The lowest BCUT2D eigenvalue weighted by Gasteiger charge is -2.13. The summed E-state index contributed by atoms with van der Waals surface area (Å²) < 4.78 is 12.8. The van der Waals surface area contributed by atoms with Crippen LogP contribution in [-0.4, -0.2) is 34.3 Å². The number of aryl methyl sites for hydroxylation is 1. The molecule has 0 saturated heterocycles. The SMILES string of the molecule is COc1cc(/C=N\n2cnnc2SCc2ccc(C)cc2)ccc1OC(C)C. The van der Waals surface area contributed by atoms with Crippen molar-refractivity contribution in [2.75, 3.05) is 7.11 Å². The largest absolute Gasteiger partial charge is 0.493 e. The van der Waals surface area contributed by atoms with E-state index in [1.807, 2.05) is 32.0 Å². The van der Waals surface area contributed by atoms with Crippen LogP contribution in [0, 0.1) is 6.92 Å². The number of rotatable bonds is 8. The van der Waals surface area contributed by atoms with E-state index in [0.29, 0.717) is 11.5 Å². The molecule has 28 heavy (non-hydrogen) atoms. The number of thioether (sulfide) groups is 1. The Morgan fingerprint density at radius 3 is 2.64 bits per heavy atom. The van der Waals surface area contributed by atoms with Gasteiger partial charge in [-0.2, -0.15) is 9.78 Å². The molecule has 1 aromatic heterocycles. The van der Waals surface area contributed by atoms with Crippen molar-refractivity contribution < 1.29 is 9.47 Å². The minimum atomic E-state index is 0.0820. The van der Waals surface area contributed by atoms with Gasteiger partial charge in [-0.1, -0.05) is 41.6 Å². The maximum Gasteiger partial charge on any atom is 0.212 e. The number of ether oxygens (including phenoxy) is 2. The molecule has 0 aliphatic heterocycles. The monoisotopic (exact) mass is 396 g/mol. The van der Waals surface area contributed by atoms with Crippen LogP contribution in [0.25, 0.3) is 0 Å². The number of benzene rings is 2. The molecule has 0 fully saturated rings. The Balaban J connectivity index is 1.69. The van der Waals surface area contributed by atoms with Crippen LogP contribution in [-0.2, 0) is 5.75 Å². The van der Waals surface area contributed by atoms with Crippen molar-refractivity contribution in [2.24, 2.45) is 5.10 Å². The molecule has 0 saturated carbocycles. The fourth-order valence-electron chi connectivity index (χ4n) is 2.47. The number of hydrogen-bond acceptors (Lipinski definition) is 6. The zero-order valence-electron chi connectivity index (χ0n) is 16.5. The predicted molar refractivity (Wildman–Crippen MR) is 113 cm³/mol. The molecule has 0 unspecified atom stereocenters. The number of methoxy groups -OCH3 is 1. The Bertz CT molecular complexity index is 936. The Hall–Kier alpha value is -2.80. The molecule has 0 amide bonds. The van der Waals surface area contributed by atoms with Crippen LogP contribution in [0.1, 0.15) is 30.5 Å². The van der Waals surface area contributed by atoms with E-state index in [-0.39, 0.29) is 6.10 Å². The highest BCUT2D eigenvalue weighted by molar-refractivity contribution is 7.98. The van der Waals surface area contributed by atoms with Gasteiger partial charge in [-0.15, -0.1) is 10.2 Å². The van der Waals surface area contributed by atoms with Gasteiger partial charge in [0.2, 0.25) is 5.16 Å². The van der Waals surface area contributed by atoms with Gasteiger partial charge in [0.05, 0.1) is 19.4 Å². The molecule has 0 bridgehead atoms. The second-order valence-electron chi connectivity index (χ2n) is 6.55. The summed E-state index contributed by atoms with van der Waals surface area (Å²) in [5.41, 5.74) is 3.39. The van der Waals surface area contributed by atoms with E-state index in [2.05, 4.69) is 46.5 Å². The first kappa shape index (κ1) is 19.9. The summed E-state index contributed by atoms with van der Waals surface area (Å²) in [5.74, 6) is 2.20. The van der Waals surface area contributed by atoms with E-state index in [9.17, 15) is 0 Å². The first-order valence-electron chi connectivity index (χ1n) is 9.02. The molecule has 6 nitrogen and oxygen atoms in total. The Labute approximate surface area is 169 Å². The molecule has 2 aromatic carbocycles. The molecule has 0 N–H and O–H groups in total.